The van der Waals surface area contributed by atoms with Gasteiger partial charge in [0.1, 0.15) is 17.9 Å². The van der Waals surface area contributed by atoms with Crippen LogP contribution in [0.25, 0.3) is 5.52 Å². The van der Waals surface area contributed by atoms with Gasteiger partial charge in [-0.25, -0.2) is 9.07 Å². The van der Waals surface area contributed by atoms with Crippen LogP contribution >= 0.6 is 0 Å². The van der Waals surface area contributed by atoms with Crippen molar-refractivity contribution < 1.29 is 9.18 Å². The topological polar surface area (TPSA) is 81.3 Å². The number of amides is 1. The van der Waals surface area contributed by atoms with E-state index in [1.54, 1.807) is 10.5 Å². The lowest BCUT2D eigenvalue weighted by molar-refractivity contribution is -0.117. The van der Waals surface area contributed by atoms with Crippen LogP contribution in [0.15, 0.2) is 35.5 Å². The summed E-state index contributed by atoms with van der Waals surface area (Å²) in [5, 5.41) is 6.74. The molecule has 130 valence electrons. The maximum atomic E-state index is 13.6. The minimum atomic E-state index is -0.642. The van der Waals surface area contributed by atoms with Gasteiger partial charge in [-0.15, -0.1) is 0 Å². The summed E-state index contributed by atoms with van der Waals surface area (Å²) in [5.41, 5.74) is 1.03. The van der Waals surface area contributed by atoms with E-state index in [1.807, 2.05) is 27.0 Å². The van der Waals surface area contributed by atoms with Gasteiger partial charge in [-0.1, -0.05) is 13.8 Å². The molecule has 1 amide bonds. The average molecular weight is 343 g/mol. The number of anilines is 1. The molecule has 0 bridgehead atoms. The molecule has 0 saturated carbocycles. The first kappa shape index (κ1) is 16.8. The fourth-order valence-electron chi connectivity index (χ4n) is 2.60. The van der Waals surface area contributed by atoms with Crippen LogP contribution in [0.2, 0.25) is 0 Å². The molecule has 0 atom stereocenters. The van der Waals surface area contributed by atoms with Gasteiger partial charge in [0.15, 0.2) is 5.82 Å². The average Bonchev–Trinajstić information content (AvgIpc) is 2.94. The van der Waals surface area contributed by atoms with Crippen LogP contribution in [-0.2, 0) is 11.3 Å². The number of aromatic nitrogens is 4. The van der Waals surface area contributed by atoms with Crippen LogP contribution in [0.4, 0.5) is 10.1 Å². The molecule has 3 aromatic heterocycles. The fourth-order valence-corrected chi connectivity index (χ4v) is 2.60. The Morgan fingerprint density at radius 1 is 1.40 bits per heavy atom. The molecule has 8 heteroatoms. The molecule has 0 aromatic carbocycles. The monoisotopic (exact) mass is 343 g/mol. The maximum absolute atomic E-state index is 13.6. The number of aryl methyl sites for hydroxylation is 1. The largest absolute Gasteiger partial charge is 0.322 e. The zero-order valence-electron chi connectivity index (χ0n) is 14.2. The third kappa shape index (κ3) is 3.28. The SMILES string of the molecule is Cc1cc2c(=O)n(CC(=O)Nc3ccncc3F)nc(C(C)C)n2c1. The molecule has 0 aliphatic rings. The minimum Gasteiger partial charge on any atom is -0.322 e. The summed E-state index contributed by atoms with van der Waals surface area (Å²) >= 11 is 0. The summed E-state index contributed by atoms with van der Waals surface area (Å²) in [6, 6.07) is 3.11. The van der Waals surface area contributed by atoms with Crippen LogP contribution in [-0.4, -0.2) is 25.1 Å². The molecule has 0 aliphatic carbocycles. The summed E-state index contributed by atoms with van der Waals surface area (Å²) in [4.78, 5) is 28.4. The van der Waals surface area contributed by atoms with Gasteiger partial charge in [0.05, 0.1) is 11.9 Å². The van der Waals surface area contributed by atoms with Gasteiger partial charge in [-0.3, -0.25) is 19.0 Å². The summed E-state index contributed by atoms with van der Waals surface area (Å²) in [7, 11) is 0. The number of hydrogen-bond acceptors (Lipinski definition) is 4. The number of rotatable bonds is 4. The Balaban J connectivity index is 1.96. The Kier molecular flexibility index (Phi) is 4.35. The van der Waals surface area contributed by atoms with E-state index in [-0.39, 0.29) is 23.7 Å². The molecule has 3 aromatic rings. The van der Waals surface area contributed by atoms with Crippen LogP contribution in [0.5, 0.6) is 0 Å². The second-order valence-corrected chi connectivity index (χ2v) is 6.15. The van der Waals surface area contributed by atoms with Crippen LogP contribution < -0.4 is 10.9 Å². The lowest BCUT2D eigenvalue weighted by Gasteiger charge is -2.12. The number of nitrogens with zero attached hydrogens (tertiary/aromatic N) is 4. The van der Waals surface area contributed by atoms with Crippen molar-refractivity contribution in [2.45, 2.75) is 33.2 Å². The van der Waals surface area contributed by atoms with Crippen molar-refractivity contribution in [3.63, 3.8) is 0 Å². The van der Waals surface area contributed by atoms with E-state index < -0.39 is 11.7 Å². The Morgan fingerprint density at radius 3 is 2.84 bits per heavy atom. The molecule has 25 heavy (non-hydrogen) atoms. The first-order valence-electron chi connectivity index (χ1n) is 7.86. The molecular weight excluding hydrogens is 325 g/mol. The van der Waals surface area contributed by atoms with E-state index in [1.165, 1.54) is 12.3 Å². The summed E-state index contributed by atoms with van der Waals surface area (Å²) in [6.07, 6.45) is 4.22. The first-order chi connectivity index (χ1) is 11.9. The van der Waals surface area contributed by atoms with Crippen molar-refractivity contribution in [3.05, 3.63) is 58.3 Å². The Hall–Kier alpha value is -3.03. The third-order valence-corrected chi connectivity index (χ3v) is 3.74. The lowest BCUT2D eigenvalue weighted by Crippen LogP contribution is -2.32. The summed E-state index contributed by atoms with van der Waals surface area (Å²) < 4.78 is 16.4. The van der Waals surface area contributed by atoms with Gasteiger partial charge in [0.25, 0.3) is 5.56 Å². The van der Waals surface area contributed by atoms with Crippen molar-refractivity contribution in [1.29, 1.82) is 0 Å². The van der Waals surface area contributed by atoms with E-state index in [4.69, 9.17) is 0 Å². The quantitative estimate of drug-likeness (QED) is 0.786. The summed E-state index contributed by atoms with van der Waals surface area (Å²) in [5.74, 6) is -0.453. The molecule has 0 fully saturated rings. The van der Waals surface area contributed by atoms with E-state index in [0.29, 0.717) is 11.3 Å². The number of nitrogens with one attached hydrogen (secondary N) is 1. The standard InChI is InChI=1S/C17H18FN5O2/c1-10(2)16-21-23(17(25)14-6-11(3)8-22(14)16)9-15(24)20-13-4-5-19-7-12(13)18/h4-8,10H,9H2,1-3H3,(H,19,20,24). The van der Waals surface area contributed by atoms with Gasteiger partial charge in [-0.2, -0.15) is 5.10 Å². The molecule has 0 spiro atoms. The molecule has 7 nitrogen and oxygen atoms in total. The predicted octanol–water partition coefficient (Wildman–Crippen LogP) is 2.10. The Morgan fingerprint density at radius 2 is 2.16 bits per heavy atom. The number of fused-ring (bicyclic) bond motifs is 1. The highest BCUT2D eigenvalue weighted by molar-refractivity contribution is 5.90. The Bertz CT molecular complexity index is 1010. The van der Waals surface area contributed by atoms with E-state index in [0.717, 1.165) is 16.4 Å². The second kappa shape index (κ2) is 6.46. The summed E-state index contributed by atoms with van der Waals surface area (Å²) in [6.45, 7) is 5.50. The van der Waals surface area contributed by atoms with Gasteiger partial charge < -0.3 is 5.32 Å². The number of carbonyl (C=O) groups is 1. The van der Waals surface area contributed by atoms with Crippen LogP contribution in [0, 0.1) is 12.7 Å². The highest BCUT2D eigenvalue weighted by atomic mass is 19.1. The van der Waals surface area contributed by atoms with E-state index >= 15 is 0 Å². The van der Waals surface area contributed by atoms with Crippen LogP contribution in [0.1, 0.15) is 31.2 Å². The fraction of sp³-hybridized carbons (Fsp3) is 0.294. The molecule has 3 heterocycles. The van der Waals surface area contributed by atoms with E-state index in [2.05, 4.69) is 15.4 Å². The minimum absolute atomic E-state index is 0.0109. The van der Waals surface area contributed by atoms with Crippen molar-refractivity contribution in [2.75, 3.05) is 5.32 Å². The third-order valence-electron chi connectivity index (χ3n) is 3.74. The molecule has 0 aliphatic heterocycles. The van der Waals surface area contributed by atoms with Gasteiger partial charge >= 0.3 is 0 Å². The predicted molar refractivity (Wildman–Crippen MR) is 91.1 cm³/mol. The normalized spacial score (nSPS) is 11.2. The number of halogens is 1. The zero-order chi connectivity index (χ0) is 18.1. The van der Waals surface area contributed by atoms with Crippen molar-refractivity contribution >= 4 is 17.1 Å². The molecule has 1 N–H and O–H groups in total. The second-order valence-electron chi connectivity index (χ2n) is 6.15. The number of pyridine rings is 1. The molecule has 0 radical (unpaired) electrons. The molecule has 3 rings (SSSR count). The van der Waals surface area contributed by atoms with Crippen molar-refractivity contribution in [3.8, 4) is 0 Å². The van der Waals surface area contributed by atoms with E-state index in [9.17, 15) is 14.0 Å². The van der Waals surface area contributed by atoms with Crippen LogP contribution in [0.3, 0.4) is 0 Å². The van der Waals surface area contributed by atoms with Gasteiger partial charge in [-0.05, 0) is 24.6 Å². The number of hydrogen-bond donors (Lipinski definition) is 1. The first-order valence-corrected chi connectivity index (χ1v) is 7.86. The van der Waals surface area contributed by atoms with Gasteiger partial charge in [0, 0.05) is 18.3 Å². The molecular formula is C17H18FN5O2. The highest BCUT2D eigenvalue weighted by Gasteiger charge is 2.16. The van der Waals surface area contributed by atoms with Gasteiger partial charge in [0.2, 0.25) is 5.91 Å². The molecule has 0 saturated heterocycles. The highest BCUT2D eigenvalue weighted by Crippen LogP contribution is 2.15. The molecule has 0 unspecified atom stereocenters. The maximum Gasteiger partial charge on any atom is 0.291 e. The van der Waals surface area contributed by atoms with Crippen molar-refractivity contribution in [1.82, 2.24) is 19.2 Å². The zero-order valence-corrected chi connectivity index (χ0v) is 14.2. The smallest absolute Gasteiger partial charge is 0.291 e. The Labute approximate surface area is 143 Å². The number of carbonyl (C=O) groups excluding carboxylic acids is 1. The van der Waals surface area contributed by atoms with Crippen molar-refractivity contribution in [2.24, 2.45) is 0 Å². The lowest BCUT2D eigenvalue weighted by atomic mass is 10.2.